The lowest BCUT2D eigenvalue weighted by atomic mass is 9.69. The Balaban J connectivity index is 2.96. The summed E-state index contributed by atoms with van der Waals surface area (Å²) in [5.74, 6) is -0.465. The molecule has 0 saturated heterocycles. The van der Waals surface area contributed by atoms with E-state index in [0.717, 1.165) is 12.8 Å². The Morgan fingerprint density at radius 1 is 0.867 bits per heavy atom. The van der Waals surface area contributed by atoms with Crippen LogP contribution in [-0.2, 0) is 24.5 Å². The highest BCUT2D eigenvalue weighted by Crippen LogP contribution is 2.41. The standard InChI is InChI=1S/C25H41NO4/c1-10-24(7,19-11-17-26-18-12-19)15-16-25(8,21(28)29-9)14-13-23(5,6)20(27)30-22(2,3)4/h11-12,17-18H,10,13-16H2,1-9H3. The van der Waals surface area contributed by atoms with E-state index in [1.807, 2.05) is 66.1 Å². The van der Waals surface area contributed by atoms with Crippen molar-refractivity contribution in [1.29, 1.82) is 0 Å². The molecule has 0 amide bonds. The molecule has 0 aliphatic rings. The first-order chi connectivity index (χ1) is 13.7. The lowest BCUT2D eigenvalue weighted by Crippen LogP contribution is -2.37. The molecule has 1 aromatic rings. The second kappa shape index (κ2) is 9.93. The number of methoxy groups -OCH3 is 1. The second-order valence-corrected chi connectivity index (χ2v) is 10.6. The molecule has 0 N–H and O–H groups in total. The zero-order chi connectivity index (χ0) is 23.2. The molecule has 1 heterocycles. The van der Waals surface area contributed by atoms with Crippen LogP contribution in [-0.4, -0.2) is 29.6 Å². The van der Waals surface area contributed by atoms with E-state index < -0.39 is 16.4 Å². The summed E-state index contributed by atoms with van der Waals surface area (Å²) in [5, 5.41) is 0. The minimum atomic E-state index is -0.679. The van der Waals surface area contributed by atoms with E-state index >= 15 is 0 Å². The lowest BCUT2D eigenvalue weighted by Gasteiger charge is -2.36. The van der Waals surface area contributed by atoms with Crippen LogP contribution in [0, 0.1) is 10.8 Å². The van der Waals surface area contributed by atoms with E-state index in [2.05, 4.69) is 18.8 Å². The van der Waals surface area contributed by atoms with Gasteiger partial charge in [0, 0.05) is 12.4 Å². The van der Waals surface area contributed by atoms with Gasteiger partial charge in [-0.2, -0.15) is 0 Å². The predicted molar refractivity (Wildman–Crippen MR) is 120 cm³/mol. The smallest absolute Gasteiger partial charge is 0.312 e. The molecule has 2 unspecified atom stereocenters. The van der Waals surface area contributed by atoms with Gasteiger partial charge in [0.05, 0.1) is 17.9 Å². The van der Waals surface area contributed by atoms with Crippen molar-refractivity contribution in [1.82, 2.24) is 4.98 Å². The van der Waals surface area contributed by atoms with Crippen molar-refractivity contribution in [3.63, 3.8) is 0 Å². The summed E-state index contributed by atoms with van der Waals surface area (Å²) in [4.78, 5) is 29.5. The van der Waals surface area contributed by atoms with Gasteiger partial charge >= 0.3 is 11.9 Å². The average molecular weight is 420 g/mol. The Hall–Kier alpha value is -1.91. The molecule has 1 rings (SSSR count). The molecule has 5 heteroatoms. The molecule has 0 spiro atoms. The van der Waals surface area contributed by atoms with Crippen LogP contribution in [0.5, 0.6) is 0 Å². The van der Waals surface area contributed by atoms with E-state index in [4.69, 9.17) is 9.47 Å². The number of esters is 2. The number of hydrogen-bond donors (Lipinski definition) is 0. The fourth-order valence-electron chi connectivity index (χ4n) is 3.51. The normalized spacial score (nSPS) is 16.3. The largest absolute Gasteiger partial charge is 0.469 e. The number of pyridine rings is 1. The maximum absolute atomic E-state index is 12.7. The third-order valence-corrected chi connectivity index (χ3v) is 6.32. The van der Waals surface area contributed by atoms with Crippen LogP contribution >= 0.6 is 0 Å². The summed E-state index contributed by atoms with van der Waals surface area (Å²) < 4.78 is 10.7. The van der Waals surface area contributed by atoms with E-state index in [1.54, 1.807) is 0 Å². The molecule has 0 aliphatic carbocycles. The van der Waals surface area contributed by atoms with Gasteiger partial charge in [0.1, 0.15) is 5.60 Å². The minimum Gasteiger partial charge on any atom is -0.469 e. The Kier molecular flexibility index (Phi) is 8.65. The average Bonchev–Trinajstić information content (AvgIpc) is 2.69. The first-order valence-electron chi connectivity index (χ1n) is 10.9. The monoisotopic (exact) mass is 419 g/mol. The Labute approximate surface area is 183 Å². The van der Waals surface area contributed by atoms with Crippen LogP contribution in [0.2, 0.25) is 0 Å². The number of ether oxygens (including phenoxy) is 2. The summed E-state index contributed by atoms with van der Waals surface area (Å²) in [6, 6.07) is 4.09. The summed E-state index contributed by atoms with van der Waals surface area (Å²) in [6.45, 7) is 15.7. The lowest BCUT2D eigenvalue weighted by molar-refractivity contribution is -0.167. The zero-order valence-electron chi connectivity index (χ0n) is 20.4. The van der Waals surface area contributed by atoms with Gasteiger partial charge in [-0.15, -0.1) is 0 Å². The van der Waals surface area contributed by atoms with Crippen molar-refractivity contribution in [2.75, 3.05) is 7.11 Å². The first-order valence-corrected chi connectivity index (χ1v) is 10.9. The fraction of sp³-hybridized carbons (Fsp3) is 0.720. The molecule has 5 nitrogen and oxygen atoms in total. The molecule has 0 fully saturated rings. The zero-order valence-corrected chi connectivity index (χ0v) is 20.4. The number of aromatic nitrogens is 1. The quantitative estimate of drug-likeness (QED) is 0.445. The van der Waals surface area contributed by atoms with Gasteiger partial charge in [0.25, 0.3) is 0 Å². The summed E-state index contributed by atoms with van der Waals surface area (Å²) >= 11 is 0. The Bertz CT molecular complexity index is 708. The van der Waals surface area contributed by atoms with Crippen molar-refractivity contribution < 1.29 is 19.1 Å². The van der Waals surface area contributed by atoms with Gasteiger partial charge in [0.2, 0.25) is 0 Å². The highest BCUT2D eigenvalue weighted by molar-refractivity contribution is 5.78. The Morgan fingerprint density at radius 2 is 1.40 bits per heavy atom. The Morgan fingerprint density at radius 3 is 1.87 bits per heavy atom. The number of rotatable bonds is 10. The van der Waals surface area contributed by atoms with Gasteiger partial charge in [-0.05, 0) is 96.8 Å². The van der Waals surface area contributed by atoms with Crippen LogP contribution in [0.4, 0.5) is 0 Å². The van der Waals surface area contributed by atoms with Crippen LogP contribution in [0.3, 0.4) is 0 Å². The first kappa shape index (κ1) is 26.1. The maximum atomic E-state index is 12.7. The summed E-state index contributed by atoms with van der Waals surface area (Å²) in [6.07, 6.45) is 7.20. The number of hydrogen-bond acceptors (Lipinski definition) is 5. The number of carbonyl (C=O) groups is 2. The number of carbonyl (C=O) groups excluding carboxylic acids is 2. The van der Waals surface area contributed by atoms with Gasteiger partial charge in [-0.25, -0.2) is 0 Å². The minimum absolute atomic E-state index is 0.0566. The van der Waals surface area contributed by atoms with Crippen LogP contribution in [0.1, 0.15) is 93.1 Å². The maximum Gasteiger partial charge on any atom is 0.312 e. The molecule has 0 radical (unpaired) electrons. The van der Waals surface area contributed by atoms with E-state index in [-0.39, 0.29) is 17.4 Å². The van der Waals surface area contributed by atoms with E-state index in [0.29, 0.717) is 19.3 Å². The highest BCUT2D eigenvalue weighted by Gasteiger charge is 2.41. The van der Waals surface area contributed by atoms with Crippen LogP contribution < -0.4 is 0 Å². The van der Waals surface area contributed by atoms with Crippen molar-refractivity contribution in [3.05, 3.63) is 30.1 Å². The molecular weight excluding hydrogens is 378 g/mol. The predicted octanol–water partition coefficient (Wildman–Crippen LogP) is 5.86. The molecular formula is C25H41NO4. The van der Waals surface area contributed by atoms with Crippen LogP contribution in [0.25, 0.3) is 0 Å². The second-order valence-electron chi connectivity index (χ2n) is 10.6. The van der Waals surface area contributed by atoms with Crippen LogP contribution in [0.15, 0.2) is 24.5 Å². The highest BCUT2D eigenvalue weighted by atomic mass is 16.6. The van der Waals surface area contributed by atoms with Crippen molar-refractivity contribution >= 4 is 11.9 Å². The molecule has 0 bridgehead atoms. The van der Waals surface area contributed by atoms with E-state index in [9.17, 15) is 9.59 Å². The molecule has 2 atom stereocenters. The molecule has 170 valence electrons. The van der Waals surface area contributed by atoms with Gasteiger partial charge in [-0.1, -0.05) is 13.8 Å². The number of nitrogens with zero attached hydrogens (tertiary/aromatic N) is 1. The molecule has 1 aromatic heterocycles. The molecule has 0 aliphatic heterocycles. The van der Waals surface area contributed by atoms with Gasteiger partial charge < -0.3 is 9.47 Å². The van der Waals surface area contributed by atoms with Gasteiger partial charge in [-0.3, -0.25) is 14.6 Å². The third-order valence-electron chi connectivity index (χ3n) is 6.32. The topological polar surface area (TPSA) is 65.5 Å². The van der Waals surface area contributed by atoms with E-state index in [1.165, 1.54) is 12.7 Å². The molecule has 0 aromatic carbocycles. The summed E-state index contributed by atoms with van der Waals surface area (Å²) in [7, 11) is 1.43. The van der Waals surface area contributed by atoms with Crippen molar-refractivity contribution in [2.24, 2.45) is 10.8 Å². The van der Waals surface area contributed by atoms with Crippen molar-refractivity contribution in [2.45, 2.75) is 98.5 Å². The van der Waals surface area contributed by atoms with Gasteiger partial charge in [0.15, 0.2) is 0 Å². The third kappa shape index (κ3) is 7.10. The van der Waals surface area contributed by atoms with Crippen molar-refractivity contribution in [3.8, 4) is 0 Å². The summed E-state index contributed by atoms with van der Waals surface area (Å²) in [5.41, 5.74) is -0.715. The fourth-order valence-corrected chi connectivity index (χ4v) is 3.51. The molecule has 0 saturated carbocycles. The SMILES string of the molecule is CCC(C)(CCC(C)(CCC(C)(C)C(=O)OC(C)(C)C)C(=O)OC)c1ccncc1. The molecule has 30 heavy (non-hydrogen) atoms.